The Labute approximate surface area is 234 Å². The second kappa shape index (κ2) is 11.2. The van der Waals surface area contributed by atoms with E-state index < -0.39 is 24.1 Å². The summed E-state index contributed by atoms with van der Waals surface area (Å²) in [5, 5.41) is 2.75. The van der Waals surface area contributed by atoms with Gasteiger partial charge >= 0.3 is 6.09 Å². The van der Waals surface area contributed by atoms with Gasteiger partial charge in [-0.25, -0.2) is 9.78 Å². The highest BCUT2D eigenvalue weighted by Gasteiger charge is 2.51. The highest BCUT2D eigenvalue weighted by molar-refractivity contribution is 5.91. The molecule has 0 spiro atoms. The number of carbonyl (C=O) groups excluding carboxylic acids is 3. The molecule has 40 heavy (non-hydrogen) atoms. The lowest BCUT2D eigenvalue weighted by Gasteiger charge is -2.56. The summed E-state index contributed by atoms with van der Waals surface area (Å²) in [4.78, 5) is 44.3. The van der Waals surface area contributed by atoms with Crippen LogP contribution >= 0.6 is 0 Å². The summed E-state index contributed by atoms with van der Waals surface area (Å²) in [5.74, 6) is 1.44. The molecule has 10 heteroatoms. The third kappa shape index (κ3) is 5.73. The maximum Gasteiger partial charge on any atom is 0.408 e. The molecule has 0 radical (unpaired) electrons. The third-order valence-electron chi connectivity index (χ3n) is 9.37. The number of nitrogens with one attached hydrogen (secondary N) is 1. The van der Waals surface area contributed by atoms with E-state index in [-0.39, 0.29) is 24.5 Å². The lowest BCUT2D eigenvalue weighted by atomic mass is 9.54. The van der Waals surface area contributed by atoms with Crippen LogP contribution < -0.4 is 11.1 Å². The van der Waals surface area contributed by atoms with Crippen LogP contribution in [0, 0.1) is 17.8 Å². The van der Waals surface area contributed by atoms with Crippen molar-refractivity contribution in [3.05, 3.63) is 54.1 Å². The molecule has 5 aliphatic rings. The van der Waals surface area contributed by atoms with E-state index in [1.165, 1.54) is 24.2 Å². The lowest BCUT2D eigenvalue weighted by molar-refractivity contribution is -0.181. The topological polar surface area (TPSA) is 129 Å². The van der Waals surface area contributed by atoms with Gasteiger partial charge in [0.1, 0.15) is 25.4 Å². The number of carbonyl (C=O) groups is 3. The monoisotopic (exact) mass is 549 g/mol. The van der Waals surface area contributed by atoms with E-state index in [2.05, 4.69) is 10.3 Å². The number of amides is 3. The molecule has 3 amide bonds. The number of alkyl carbamates (subject to hydrolysis) is 1. The number of aromatic nitrogens is 2. The number of primary amides is 1. The minimum absolute atomic E-state index is 0.0603. The van der Waals surface area contributed by atoms with Gasteiger partial charge in [-0.3, -0.25) is 9.59 Å². The second-order valence-electron chi connectivity index (χ2n) is 12.3. The molecular weight excluding hydrogens is 510 g/mol. The molecule has 1 saturated heterocycles. The lowest BCUT2D eigenvalue weighted by Crippen LogP contribution is -2.54. The number of rotatable bonds is 10. The number of imidazole rings is 1. The van der Waals surface area contributed by atoms with Gasteiger partial charge in [-0.15, -0.1) is 0 Å². The number of nitrogens with zero attached hydrogens (tertiary/aromatic N) is 3. The van der Waals surface area contributed by atoms with Crippen molar-refractivity contribution in [2.45, 2.75) is 88.8 Å². The van der Waals surface area contributed by atoms with Crippen molar-refractivity contribution in [3.63, 3.8) is 0 Å². The Morgan fingerprint density at radius 2 is 1.77 bits per heavy atom. The first-order chi connectivity index (χ1) is 19.4. The molecule has 1 aliphatic heterocycles. The van der Waals surface area contributed by atoms with E-state index in [9.17, 15) is 14.4 Å². The minimum atomic E-state index is -0.946. The predicted molar refractivity (Wildman–Crippen MR) is 145 cm³/mol. The van der Waals surface area contributed by atoms with Crippen LogP contribution in [-0.4, -0.2) is 56.6 Å². The van der Waals surface area contributed by atoms with E-state index in [1.807, 2.05) is 34.9 Å². The molecule has 4 aliphatic carbocycles. The zero-order valence-corrected chi connectivity index (χ0v) is 22.9. The molecule has 7 rings (SSSR count). The van der Waals surface area contributed by atoms with Gasteiger partial charge in [0.2, 0.25) is 11.8 Å². The summed E-state index contributed by atoms with van der Waals surface area (Å²) >= 11 is 0. The van der Waals surface area contributed by atoms with E-state index in [1.54, 1.807) is 12.5 Å². The van der Waals surface area contributed by atoms with Crippen molar-refractivity contribution in [3.8, 4) is 0 Å². The number of benzene rings is 1. The first-order valence-corrected chi connectivity index (χ1v) is 14.6. The normalized spacial score (nSPS) is 29.4. The van der Waals surface area contributed by atoms with Crippen LogP contribution in [0.3, 0.4) is 0 Å². The van der Waals surface area contributed by atoms with Crippen molar-refractivity contribution >= 4 is 17.9 Å². The molecule has 1 aromatic carbocycles. The molecule has 1 aromatic heterocycles. The van der Waals surface area contributed by atoms with Crippen molar-refractivity contribution in [1.29, 1.82) is 0 Å². The average Bonchev–Trinajstić information content (AvgIpc) is 3.60. The number of hydrogen-bond acceptors (Lipinski definition) is 6. The van der Waals surface area contributed by atoms with Crippen molar-refractivity contribution in [2.75, 3.05) is 6.54 Å². The summed E-state index contributed by atoms with van der Waals surface area (Å²) < 4.78 is 14.0. The standard InChI is InChI=1S/C30H39N5O5/c31-27(36)26-7-4-8-35(26)28(37)25(33-29(38)39-17-20-5-2-1-3-6-20)12-24-16-32-18-34(24)19-40-30-13-21-9-22(14-30)11-23(10-21)15-30/h1-3,5-6,16,18,21-23,25-26H,4,7-15,17,19H2,(H2,31,36)(H,33,38)/t21?,22?,23?,25-,26-,30?/m0/s1. The van der Waals surface area contributed by atoms with E-state index in [0.717, 1.165) is 48.3 Å². The Kier molecular flexibility index (Phi) is 7.53. The SMILES string of the molecule is NC(=O)[C@@H]1CCCN1C(=O)[C@H](Cc1cncn1COC12CC3CC(CC(C3)C1)C2)NC(=O)OCc1ccccc1. The fourth-order valence-electron chi connectivity index (χ4n) is 7.89. The molecule has 4 saturated carbocycles. The molecule has 214 valence electrons. The van der Waals surface area contributed by atoms with Gasteiger partial charge in [0.05, 0.1) is 11.9 Å². The quantitative estimate of drug-likeness (QED) is 0.469. The van der Waals surface area contributed by atoms with E-state index in [0.29, 0.717) is 26.1 Å². The zero-order chi connectivity index (χ0) is 27.7. The van der Waals surface area contributed by atoms with Gasteiger partial charge < -0.3 is 30.0 Å². The van der Waals surface area contributed by atoms with Gasteiger partial charge in [-0.2, -0.15) is 0 Å². The third-order valence-corrected chi connectivity index (χ3v) is 9.37. The maximum absolute atomic E-state index is 13.7. The zero-order valence-electron chi connectivity index (χ0n) is 22.9. The number of hydrogen-bond donors (Lipinski definition) is 2. The van der Waals surface area contributed by atoms with Crippen LogP contribution in [-0.2, 0) is 38.8 Å². The molecule has 2 atom stereocenters. The van der Waals surface area contributed by atoms with Gasteiger partial charge in [0.15, 0.2) is 0 Å². The summed E-state index contributed by atoms with van der Waals surface area (Å²) in [6, 6.07) is 7.72. The van der Waals surface area contributed by atoms with Crippen LogP contribution in [0.5, 0.6) is 0 Å². The molecule has 3 N–H and O–H groups in total. The number of likely N-dealkylation sites (tertiary alicyclic amines) is 1. The van der Waals surface area contributed by atoms with Crippen molar-refractivity contribution in [1.82, 2.24) is 19.8 Å². The van der Waals surface area contributed by atoms with Crippen LogP contribution in [0.2, 0.25) is 0 Å². The van der Waals surface area contributed by atoms with Crippen LogP contribution in [0.1, 0.15) is 62.6 Å². The maximum atomic E-state index is 13.7. The molecule has 4 bridgehead atoms. The van der Waals surface area contributed by atoms with Gasteiger partial charge in [0, 0.05) is 24.9 Å². The first kappa shape index (κ1) is 26.8. The van der Waals surface area contributed by atoms with Gasteiger partial charge in [-0.05, 0) is 74.7 Å². The fraction of sp³-hybridized carbons (Fsp3) is 0.600. The summed E-state index contributed by atoms with van der Waals surface area (Å²) in [7, 11) is 0. The largest absolute Gasteiger partial charge is 0.445 e. The smallest absolute Gasteiger partial charge is 0.408 e. The van der Waals surface area contributed by atoms with Crippen LogP contribution in [0.25, 0.3) is 0 Å². The highest BCUT2D eigenvalue weighted by Crippen LogP contribution is 2.57. The fourth-order valence-corrected chi connectivity index (χ4v) is 7.89. The van der Waals surface area contributed by atoms with E-state index in [4.69, 9.17) is 15.2 Å². The summed E-state index contributed by atoms with van der Waals surface area (Å²) in [5.41, 5.74) is 7.13. The van der Waals surface area contributed by atoms with Crippen molar-refractivity contribution in [2.24, 2.45) is 23.5 Å². The van der Waals surface area contributed by atoms with Gasteiger partial charge in [0.25, 0.3) is 0 Å². The molecule has 0 unspecified atom stereocenters. The number of ether oxygens (including phenoxy) is 2. The van der Waals surface area contributed by atoms with E-state index >= 15 is 0 Å². The number of nitrogens with two attached hydrogens (primary N) is 1. The Morgan fingerprint density at radius 3 is 2.45 bits per heavy atom. The summed E-state index contributed by atoms with van der Waals surface area (Å²) in [6.45, 7) is 0.852. The van der Waals surface area contributed by atoms with Crippen LogP contribution in [0.4, 0.5) is 4.79 Å². The van der Waals surface area contributed by atoms with Gasteiger partial charge in [-0.1, -0.05) is 30.3 Å². The Bertz CT molecular complexity index is 1190. The highest BCUT2D eigenvalue weighted by atomic mass is 16.5. The Morgan fingerprint density at radius 1 is 1.07 bits per heavy atom. The molecule has 2 aromatic rings. The second-order valence-corrected chi connectivity index (χ2v) is 12.3. The molecule has 5 fully saturated rings. The molecule has 10 nitrogen and oxygen atoms in total. The average molecular weight is 550 g/mol. The molecule has 2 heterocycles. The molecular formula is C30H39N5O5. The van der Waals surface area contributed by atoms with Crippen LogP contribution in [0.15, 0.2) is 42.9 Å². The predicted octanol–water partition coefficient (Wildman–Crippen LogP) is 3.14. The first-order valence-electron chi connectivity index (χ1n) is 14.6. The summed E-state index contributed by atoms with van der Waals surface area (Å²) in [6.07, 6.45) is 11.5. The Hall–Kier alpha value is -3.40. The Balaban J connectivity index is 1.14. The minimum Gasteiger partial charge on any atom is -0.445 e. The van der Waals surface area contributed by atoms with Crippen molar-refractivity contribution < 1.29 is 23.9 Å².